The van der Waals surface area contributed by atoms with E-state index < -0.39 is 15.9 Å². The Morgan fingerprint density at radius 3 is 2.24 bits per heavy atom. The van der Waals surface area contributed by atoms with Crippen molar-refractivity contribution in [2.24, 2.45) is 11.8 Å². The van der Waals surface area contributed by atoms with Crippen molar-refractivity contribution in [3.05, 3.63) is 30.4 Å². The zero-order chi connectivity index (χ0) is 24.3. The number of sulfonamides is 1. The Morgan fingerprint density at radius 2 is 1.65 bits per heavy atom. The fraction of sp³-hybridized carbons (Fsp3) is 0.542. The Hall–Kier alpha value is -2.72. The number of imide groups is 1. The third-order valence-electron chi connectivity index (χ3n) is 6.81. The molecule has 2 saturated heterocycles. The van der Waals surface area contributed by atoms with Gasteiger partial charge in [-0.15, -0.1) is 0 Å². The number of amides is 3. The number of rotatable bonds is 7. The van der Waals surface area contributed by atoms with E-state index in [1.807, 2.05) is 12.2 Å². The highest BCUT2D eigenvalue weighted by atomic mass is 32.2. The molecule has 1 aliphatic carbocycles. The molecule has 2 heterocycles. The van der Waals surface area contributed by atoms with Crippen molar-refractivity contribution >= 4 is 33.4 Å². The highest BCUT2D eigenvalue weighted by molar-refractivity contribution is 7.89. The SMILES string of the molecule is COc1ccc(S(=O)(=O)N2CCCCCC2)cc1NC(=O)CCN1C(=O)C2CC=CCC2C1=O. The average Bonchev–Trinajstić information content (AvgIpc) is 3.01. The van der Waals surface area contributed by atoms with Gasteiger partial charge in [0.1, 0.15) is 5.75 Å². The molecule has 0 radical (unpaired) electrons. The van der Waals surface area contributed by atoms with E-state index in [4.69, 9.17) is 4.74 Å². The predicted octanol–water partition coefficient (Wildman–Crippen LogP) is 2.54. The molecule has 0 aromatic heterocycles. The lowest BCUT2D eigenvalue weighted by Crippen LogP contribution is -2.34. The van der Waals surface area contributed by atoms with E-state index in [-0.39, 0.29) is 47.2 Å². The van der Waals surface area contributed by atoms with Gasteiger partial charge in [0.2, 0.25) is 27.7 Å². The summed E-state index contributed by atoms with van der Waals surface area (Å²) < 4.78 is 33.1. The van der Waals surface area contributed by atoms with E-state index in [1.165, 1.54) is 34.5 Å². The Labute approximate surface area is 200 Å². The highest BCUT2D eigenvalue weighted by Crippen LogP contribution is 2.35. The molecule has 2 atom stereocenters. The molecule has 0 spiro atoms. The molecule has 4 rings (SSSR count). The molecule has 1 N–H and O–H groups in total. The van der Waals surface area contributed by atoms with Crippen molar-refractivity contribution in [1.82, 2.24) is 9.21 Å². The zero-order valence-corrected chi connectivity index (χ0v) is 20.2. The molecule has 184 valence electrons. The number of hydrogen-bond acceptors (Lipinski definition) is 6. The first-order valence-electron chi connectivity index (χ1n) is 11.8. The van der Waals surface area contributed by atoms with E-state index >= 15 is 0 Å². The lowest BCUT2D eigenvalue weighted by Gasteiger charge is -2.21. The molecule has 3 amide bonds. The van der Waals surface area contributed by atoms with Gasteiger partial charge in [0.15, 0.2) is 0 Å². The van der Waals surface area contributed by atoms with Crippen molar-refractivity contribution in [2.45, 2.75) is 49.8 Å². The maximum Gasteiger partial charge on any atom is 0.243 e. The molecule has 9 nitrogen and oxygen atoms in total. The number of hydrogen-bond donors (Lipinski definition) is 1. The van der Waals surface area contributed by atoms with Gasteiger partial charge in [-0.05, 0) is 43.9 Å². The van der Waals surface area contributed by atoms with Crippen molar-refractivity contribution < 1.29 is 27.5 Å². The van der Waals surface area contributed by atoms with E-state index in [0.29, 0.717) is 31.7 Å². The summed E-state index contributed by atoms with van der Waals surface area (Å²) in [5, 5.41) is 2.70. The molecule has 3 aliphatic rings. The van der Waals surface area contributed by atoms with Crippen LogP contribution in [0.4, 0.5) is 5.69 Å². The minimum atomic E-state index is -3.70. The fourth-order valence-corrected chi connectivity index (χ4v) is 6.44. The normalized spacial score (nSPS) is 23.5. The summed E-state index contributed by atoms with van der Waals surface area (Å²) in [6, 6.07) is 4.40. The van der Waals surface area contributed by atoms with Crippen LogP contribution in [0.15, 0.2) is 35.2 Å². The molecule has 0 bridgehead atoms. The van der Waals surface area contributed by atoms with Crippen LogP contribution in [0, 0.1) is 11.8 Å². The van der Waals surface area contributed by atoms with Gasteiger partial charge >= 0.3 is 0 Å². The van der Waals surface area contributed by atoms with Crippen LogP contribution in [-0.2, 0) is 24.4 Å². The van der Waals surface area contributed by atoms with E-state index in [0.717, 1.165) is 25.7 Å². The summed E-state index contributed by atoms with van der Waals surface area (Å²) in [5.74, 6) is -1.22. The van der Waals surface area contributed by atoms with Crippen LogP contribution < -0.4 is 10.1 Å². The fourth-order valence-electron chi connectivity index (χ4n) is 4.89. The second-order valence-electron chi connectivity index (χ2n) is 8.96. The Morgan fingerprint density at radius 1 is 1.03 bits per heavy atom. The van der Waals surface area contributed by atoms with Crippen molar-refractivity contribution in [1.29, 1.82) is 0 Å². The van der Waals surface area contributed by atoms with Gasteiger partial charge in [-0.2, -0.15) is 4.31 Å². The number of carbonyl (C=O) groups excluding carboxylic acids is 3. The van der Waals surface area contributed by atoms with Crippen molar-refractivity contribution in [3.63, 3.8) is 0 Å². The topological polar surface area (TPSA) is 113 Å². The largest absolute Gasteiger partial charge is 0.495 e. The van der Waals surface area contributed by atoms with Crippen LogP contribution in [0.25, 0.3) is 0 Å². The number of nitrogens with zero attached hydrogens (tertiary/aromatic N) is 2. The smallest absolute Gasteiger partial charge is 0.243 e. The minimum absolute atomic E-state index is 0.00934. The summed E-state index contributed by atoms with van der Waals surface area (Å²) in [7, 11) is -2.26. The minimum Gasteiger partial charge on any atom is -0.495 e. The zero-order valence-electron chi connectivity index (χ0n) is 19.4. The molecule has 0 saturated carbocycles. The molecule has 1 aromatic rings. The van der Waals surface area contributed by atoms with Gasteiger partial charge in [-0.1, -0.05) is 25.0 Å². The summed E-state index contributed by atoms with van der Waals surface area (Å²) in [6.07, 6.45) is 8.52. The Balaban J connectivity index is 1.44. The second kappa shape index (κ2) is 10.3. The summed E-state index contributed by atoms with van der Waals surface area (Å²) >= 11 is 0. The molecular formula is C24H31N3O6S. The molecule has 2 fully saturated rings. The molecule has 1 aromatic carbocycles. The molecular weight excluding hydrogens is 458 g/mol. The number of allylic oxidation sites excluding steroid dienone is 2. The van der Waals surface area contributed by atoms with Crippen molar-refractivity contribution in [3.8, 4) is 5.75 Å². The monoisotopic (exact) mass is 489 g/mol. The lowest BCUT2D eigenvalue weighted by atomic mass is 9.85. The Bertz CT molecular complexity index is 1070. The lowest BCUT2D eigenvalue weighted by molar-refractivity contribution is -0.140. The van der Waals surface area contributed by atoms with Crippen LogP contribution in [0.2, 0.25) is 0 Å². The number of carbonyl (C=O) groups is 3. The number of fused-ring (bicyclic) bond motifs is 1. The van der Waals surface area contributed by atoms with Gasteiger partial charge in [0.05, 0.1) is 29.5 Å². The first kappa shape index (κ1) is 24.4. The summed E-state index contributed by atoms with van der Waals surface area (Å²) in [6.45, 7) is 0.946. The van der Waals surface area contributed by atoms with Gasteiger partial charge in [0, 0.05) is 26.1 Å². The van der Waals surface area contributed by atoms with E-state index in [9.17, 15) is 22.8 Å². The number of benzene rings is 1. The van der Waals surface area contributed by atoms with Crippen LogP contribution in [-0.4, -0.2) is 62.1 Å². The van der Waals surface area contributed by atoms with Crippen LogP contribution in [0.1, 0.15) is 44.9 Å². The predicted molar refractivity (Wildman–Crippen MR) is 126 cm³/mol. The van der Waals surface area contributed by atoms with Gasteiger partial charge in [-0.3, -0.25) is 19.3 Å². The second-order valence-corrected chi connectivity index (χ2v) is 10.9. The first-order chi connectivity index (χ1) is 16.3. The third-order valence-corrected chi connectivity index (χ3v) is 8.70. The quantitative estimate of drug-likeness (QED) is 0.465. The first-order valence-corrected chi connectivity index (χ1v) is 13.2. The van der Waals surface area contributed by atoms with Gasteiger partial charge in [-0.25, -0.2) is 8.42 Å². The number of nitrogens with one attached hydrogen (secondary N) is 1. The molecule has 34 heavy (non-hydrogen) atoms. The Kier molecular flexibility index (Phi) is 7.37. The number of anilines is 1. The number of methoxy groups -OCH3 is 1. The van der Waals surface area contributed by atoms with E-state index in [2.05, 4.69) is 5.32 Å². The van der Waals surface area contributed by atoms with Gasteiger partial charge in [0.25, 0.3) is 0 Å². The molecule has 2 aliphatic heterocycles. The van der Waals surface area contributed by atoms with Gasteiger partial charge < -0.3 is 10.1 Å². The maximum atomic E-state index is 13.2. The highest BCUT2D eigenvalue weighted by Gasteiger charge is 2.46. The van der Waals surface area contributed by atoms with Crippen molar-refractivity contribution in [2.75, 3.05) is 32.1 Å². The van der Waals surface area contributed by atoms with Crippen LogP contribution in [0.5, 0.6) is 5.75 Å². The summed E-state index contributed by atoms with van der Waals surface area (Å²) in [4.78, 5) is 39.2. The standard InChI is InChI=1S/C24H31N3O6S/c1-33-21-11-10-17(34(31,32)26-13-6-2-3-7-14-26)16-20(21)25-22(28)12-15-27-23(29)18-8-4-5-9-19(18)24(27)30/h4-5,10-11,16,18-19H,2-3,6-9,12-15H2,1H3,(H,25,28). The number of likely N-dealkylation sites (tertiary alicyclic amines) is 1. The number of ether oxygens (including phenoxy) is 1. The molecule has 10 heteroatoms. The molecule has 2 unspecified atom stereocenters. The summed E-state index contributed by atoms with van der Waals surface area (Å²) in [5.41, 5.74) is 0.236. The average molecular weight is 490 g/mol. The maximum absolute atomic E-state index is 13.2. The van der Waals surface area contributed by atoms with E-state index in [1.54, 1.807) is 0 Å². The van der Waals surface area contributed by atoms with Crippen LogP contribution in [0.3, 0.4) is 0 Å². The third kappa shape index (κ3) is 4.88. The van der Waals surface area contributed by atoms with Crippen LogP contribution >= 0.6 is 0 Å².